The van der Waals surface area contributed by atoms with Crippen molar-refractivity contribution in [1.82, 2.24) is 0 Å². The molecule has 1 aromatic rings. The Morgan fingerprint density at radius 1 is 1.44 bits per heavy atom. The van der Waals surface area contributed by atoms with E-state index in [2.05, 4.69) is 0 Å². The van der Waals surface area contributed by atoms with Gasteiger partial charge in [0.25, 0.3) is 0 Å². The molecule has 1 aromatic carbocycles. The lowest BCUT2D eigenvalue weighted by atomic mass is 10.1. The molecule has 0 amide bonds. The van der Waals surface area contributed by atoms with Gasteiger partial charge in [-0.25, -0.2) is 0 Å². The summed E-state index contributed by atoms with van der Waals surface area (Å²) >= 11 is 5.48. The first-order valence-corrected chi connectivity index (χ1v) is 5.62. The topological polar surface area (TPSA) is 35.5 Å². The van der Waals surface area contributed by atoms with Crippen LogP contribution >= 0.6 is 11.6 Å². The normalized spacial score (nSPS) is 9.94. The van der Waals surface area contributed by atoms with Gasteiger partial charge in [0.2, 0.25) is 0 Å². The number of alkyl halides is 1. The third kappa shape index (κ3) is 3.42. The van der Waals surface area contributed by atoms with Gasteiger partial charge in [-0.05, 0) is 25.1 Å². The number of halogens is 1. The van der Waals surface area contributed by atoms with Crippen molar-refractivity contribution >= 4 is 17.4 Å². The van der Waals surface area contributed by atoms with Crippen LogP contribution < -0.4 is 9.47 Å². The molecular formula is C12H15ClO3. The summed E-state index contributed by atoms with van der Waals surface area (Å²) in [5.41, 5.74) is 0.812. The molecule has 88 valence electrons. The fourth-order valence-corrected chi connectivity index (χ4v) is 1.47. The van der Waals surface area contributed by atoms with E-state index in [9.17, 15) is 4.79 Å². The molecule has 0 aliphatic carbocycles. The zero-order valence-corrected chi connectivity index (χ0v) is 10.2. The summed E-state index contributed by atoms with van der Waals surface area (Å²) in [4.78, 5) is 11.3. The summed E-state index contributed by atoms with van der Waals surface area (Å²) < 4.78 is 10.5. The number of rotatable bonds is 6. The zero-order chi connectivity index (χ0) is 12.0. The first-order valence-electron chi connectivity index (χ1n) is 5.08. The van der Waals surface area contributed by atoms with Crippen LogP contribution in [0.4, 0.5) is 0 Å². The number of hydrogen-bond donors (Lipinski definition) is 0. The van der Waals surface area contributed by atoms with Crippen LogP contribution in [0.2, 0.25) is 0 Å². The number of carbonyl (C=O) groups excluding carboxylic acids is 1. The maximum Gasteiger partial charge on any atom is 0.152 e. The van der Waals surface area contributed by atoms with Crippen LogP contribution in [0.15, 0.2) is 18.2 Å². The van der Waals surface area contributed by atoms with E-state index in [4.69, 9.17) is 21.1 Å². The van der Waals surface area contributed by atoms with E-state index >= 15 is 0 Å². The first kappa shape index (κ1) is 12.8. The summed E-state index contributed by atoms with van der Waals surface area (Å²) in [5.74, 6) is 1.40. The van der Waals surface area contributed by atoms with Crippen LogP contribution in [-0.4, -0.2) is 25.4 Å². The number of carbonyl (C=O) groups is 1. The molecule has 0 N–H and O–H groups in total. The van der Waals surface area contributed by atoms with Crippen LogP contribution in [0.3, 0.4) is 0 Å². The molecule has 0 aliphatic rings. The van der Waals surface area contributed by atoms with E-state index in [0.29, 0.717) is 18.1 Å². The van der Waals surface area contributed by atoms with Gasteiger partial charge in [-0.15, -0.1) is 11.6 Å². The smallest absolute Gasteiger partial charge is 0.152 e. The monoisotopic (exact) mass is 242 g/mol. The molecule has 0 fully saturated rings. The highest BCUT2D eigenvalue weighted by Gasteiger charge is 2.09. The fraction of sp³-hybridized carbons (Fsp3) is 0.417. The Morgan fingerprint density at radius 3 is 2.75 bits per heavy atom. The SMILES string of the molecule is CCOc1ccc(OC)cc1CC(=O)CCl. The van der Waals surface area contributed by atoms with Crippen molar-refractivity contribution in [2.24, 2.45) is 0 Å². The molecule has 0 heterocycles. The number of hydrogen-bond acceptors (Lipinski definition) is 3. The second kappa shape index (κ2) is 6.38. The third-order valence-corrected chi connectivity index (χ3v) is 2.40. The standard InChI is InChI=1S/C12H15ClO3/c1-3-16-12-5-4-11(15-2)7-9(12)6-10(14)8-13/h4-5,7H,3,6,8H2,1-2H3. The summed E-state index contributed by atoms with van der Waals surface area (Å²) in [6.45, 7) is 2.46. The van der Waals surface area contributed by atoms with Crippen LogP contribution in [0.1, 0.15) is 12.5 Å². The Labute approximate surface area is 100 Å². The Morgan fingerprint density at radius 2 is 2.19 bits per heavy atom. The Kier molecular flexibility index (Phi) is 5.12. The summed E-state index contributed by atoms with van der Waals surface area (Å²) in [5, 5.41) is 0. The van der Waals surface area contributed by atoms with Crippen molar-refractivity contribution in [1.29, 1.82) is 0 Å². The minimum absolute atomic E-state index is 0.0166. The Bertz CT molecular complexity index is 363. The number of methoxy groups -OCH3 is 1. The van der Waals surface area contributed by atoms with Gasteiger partial charge in [0.1, 0.15) is 11.5 Å². The van der Waals surface area contributed by atoms with Crippen molar-refractivity contribution in [3.05, 3.63) is 23.8 Å². The molecule has 0 unspecified atom stereocenters. The molecule has 1 rings (SSSR count). The molecule has 0 radical (unpaired) electrons. The largest absolute Gasteiger partial charge is 0.497 e. The molecule has 0 bridgehead atoms. The molecule has 16 heavy (non-hydrogen) atoms. The summed E-state index contributed by atoms with van der Waals surface area (Å²) in [6, 6.07) is 5.41. The van der Waals surface area contributed by atoms with Crippen LogP contribution in [-0.2, 0) is 11.2 Å². The van der Waals surface area contributed by atoms with Crippen LogP contribution in [0, 0.1) is 0 Å². The number of benzene rings is 1. The zero-order valence-electron chi connectivity index (χ0n) is 9.46. The average Bonchev–Trinajstić information content (AvgIpc) is 2.31. The van der Waals surface area contributed by atoms with Gasteiger partial charge < -0.3 is 9.47 Å². The predicted octanol–water partition coefficient (Wildman–Crippen LogP) is 2.44. The van der Waals surface area contributed by atoms with E-state index in [1.807, 2.05) is 6.92 Å². The van der Waals surface area contributed by atoms with Gasteiger partial charge in [-0.1, -0.05) is 0 Å². The van der Waals surface area contributed by atoms with Crippen molar-refractivity contribution < 1.29 is 14.3 Å². The number of Topliss-reactive ketones (excluding diaryl/α,β-unsaturated/α-hetero) is 1. The molecule has 0 saturated carbocycles. The second-order valence-electron chi connectivity index (χ2n) is 3.26. The second-order valence-corrected chi connectivity index (χ2v) is 3.52. The highest BCUT2D eigenvalue weighted by molar-refractivity contribution is 6.27. The lowest BCUT2D eigenvalue weighted by molar-refractivity contribution is -0.116. The maximum atomic E-state index is 11.3. The number of ketones is 1. The minimum Gasteiger partial charge on any atom is -0.497 e. The maximum absolute atomic E-state index is 11.3. The van der Waals surface area contributed by atoms with Crippen LogP contribution in [0.25, 0.3) is 0 Å². The molecule has 0 aliphatic heterocycles. The first-order chi connectivity index (χ1) is 7.71. The van der Waals surface area contributed by atoms with Gasteiger partial charge in [-0.2, -0.15) is 0 Å². The minimum atomic E-state index is -0.0316. The molecule has 0 atom stereocenters. The van der Waals surface area contributed by atoms with Crippen molar-refractivity contribution in [3.63, 3.8) is 0 Å². The predicted molar refractivity (Wildman–Crippen MR) is 63.6 cm³/mol. The van der Waals surface area contributed by atoms with E-state index in [0.717, 1.165) is 5.56 Å². The molecule has 0 saturated heterocycles. The van der Waals surface area contributed by atoms with Crippen molar-refractivity contribution in [2.45, 2.75) is 13.3 Å². The van der Waals surface area contributed by atoms with Gasteiger partial charge in [0.15, 0.2) is 5.78 Å². The quantitative estimate of drug-likeness (QED) is 0.719. The molecular weight excluding hydrogens is 228 g/mol. The van der Waals surface area contributed by atoms with E-state index in [-0.39, 0.29) is 18.1 Å². The highest BCUT2D eigenvalue weighted by atomic mass is 35.5. The van der Waals surface area contributed by atoms with Gasteiger partial charge >= 0.3 is 0 Å². The van der Waals surface area contributed by atoms with Crippen LogP contribution in [0.5, 0.6) is 11.5 Å². The van der Waals surface area contributed by atoms with E-state index in [1.54, 1.807) is 25.3 Å². The van der Waals surface area contributed by atoms with E-state index in [1.165, 1.54) is 0 Å². The molecule has 3 nitrogen and oxygen atoms in total. The summed E-state index contributed by atoms with van der Waals surface area (Å²) in [7, 11) is 1.59. The average molecular weight is 243 g/mol. The lowest BCUT2D eigenvalue weighted by Crippen LogP contribution is -2.06. The third-order valence-electron chi connectivity index (χ3n) is 2.10. The Hall–Kier alpha value is -1.22. The van der Waals surface area contributed by atoms with Gasteiger partial charge in [0, 0.05) is 12.0 Å². The van der Waals surface area contributed by atoms with E-state index < -0.39 is 0 Å². The van der Waals surface area contributed by atoms with Gasteiger partial charge in [-0.3, -0.25) is 4.79 Å². The lowest BCUT2D eigenvalue weighted by Gasteiger charge is -2.10. The Balaban J connectivity index is 2.95. The number of ether oxygens (including phenoxy) is 2. The van der Waals surface area contributed by atoms with Gasteiger partial charge in [0.05, 0.1) is 19.6 Å². The molecule has 0 spiro atoms. The summed E-state index contributed by atoms with van der Waals surface area (Å²) in [6.07, 6.45) is 0.274. The molecule has 0 aromatic heterocycles. The highest BCUT2D eigenvalue weighted by Crippen LogP contribution is 2.25. The fourth-order valence-electron chi connectivity index (χ4n) is 1.38. The van der Waals surface area contributed by atoms with Crippen molar-refractivity contribution in [2.75, 3.05) is 19.6 Å². The molecule has 4 heteroatoms. The van der Waals surface area contributed by atoms with Crippen molar-refractivity contribution in [3.8, 4) is 11.5 Å².